The number of ether oxygens (including phenoxy) is 3. The number of carbonyl (C=O) groups is 2. The van der Waals surface area contributed by atoms with Gasteiger partial charge >= 0.3 is 5.97 Å². The lowest BCUT2D eigenvalue weighted by Crippen LogP contribution is -2.29. The molecule has 42 heavy (non-hydrogen) atoms. The molecule has 9 heteroatoms. The summed E-state index contributed by atoms with van der Waals surface area (Å²) in [7, 11) is 1.49. The molecule has 3 aromatic carbocycles. The Hall–Kier alpha value is -3.62. The van der Waals surface area contributed by atoms with Gasteiger partial charge in [-0.05, 0) is 112 Å². The smallest absolute Gasteiger partial charge is 0.337 e. The summed E-state index contributed by atoms with van der Waals surface area (Å²) < 4.78 is 32.7. The molecule has 7 nitrogen and oxygen atoms in total. The van der Waals surface area contributed by atoms with E-state index < -0.39 is 23.5 Å². The Kier molecular flexibility index (Phi) is 7.98. The summed E-state index contributed by atoms with van der Waals surface area (Å²) in [5.41, 5.74) is 4.92. The van der Waals surface area contributed by atoms with Gasteiger partial charge in [0.05, 0.1) is 24.3 Å². The van der Waals surface area contributed by atoms with Crippen LogP contribution in [0.15, 0.2) is 30.3 Å². The molecule has 1 atom stereocenters. The van der Waals surface area contributed by atoms with Crippen molar-refractivity contribution in [1.29, 1.82) is 0 Å². The Bertz CT molecular complexity index is 1590. The molecule has 0 spiro atoms. The van der Waals surface area contributed by atoms with Crippen molar-refractivity contribution < 1.29 is 33.3 Å². The van der Waals surface area contributed by atoms with E-state index in [1.54, 1.807) is 50.8 Å². The lowest BCUT2D eigenvalue weighted by Gasteiger charge is -2.30. The van der Waals surface area contributed by atoms with Crippen LogP contribution in [-0.2, 0) is 22.4 Å². The fourth-order valence-corrected chi connectivity index (χ4v) is 6.20. The molecule has 1 unspecified atom stereocenters. The molecule has 0 fully saturated rings. The first-order valence-corrected chi connectivity index (χ1v) is 14.4. The van der Waals surface area contributed by atoms with Crippen LogP contribution in [0.4, 0.5) is 10.1 Å². The molecule has 2 aliphatic rings. The number of rotatable bonds is 6. The minimum absolute atomic E-state index is 0.246. The third kappa shape index (κ3) is 5.34. The van der Waals surface area contributed by atoms with Gasteiger partial charge in [0.15, 0.2) is 17.7 Å². The normalized spacial score (nSPS) is 15.1. The van der Waals surface area contributed by atoms with Crippen LogP contribution in [0.2, 0.25) is 5.02 Å². The summed E-state index contributed by atoms with van der Waals surface area (Å²) in [5, 5.41) is 10.8. The second-order valence-electron chi connectivity index (χ2n) is 11.8. The molecular formula is C33H35ClFNO6. The summed E-state index contributed by atoms with van der Waals surface area (Å²) in [6.45, 7) is 9.93. The predicted molar refractivity (Wildman–Crippen MR) is 160 cm³/mol. The Balaban J connectivity index is 1.76. The summed E-state index contributed by atoms with van der Waals surface area (Å²) in [6.07, 6.45) is 0.544. The van der Waals surface area contributed by atoms with Gasteiger partial charge in [-0.15, -0.1) is 0 Å². The number of hydrogen-bond acceptors (Lipinski definition) is 5. The summed E-state index contributed by atoms with van der Waals surface area (Å²) >= 11 is 6.20. The third-order valence-corrected chi connectivity index (χ3v) is 8.15. The van der Waals surface area contributed by atoms with E-state index in [2.05, 4.69) is 0 Å². The summed E-state index contributed by atoms with van der Waals surface area (Å²) in [5.74, 6) is -1.24. The number of aryl methyl sites for hydroxylation is 1. The van der Waals surface area contributed by atoms with Crippen molar-refractivity contribution in [3.63, 3.8) is 0 Å². The van der Waals surface area contributed by atoms with Gasteiger partial charge in [-0.25, -0.2) is 9.18 Å². The van der Waals surface area contributed by atoms with E-state index in [9.17, 15) is 14.7 Å². The van der Waals surface area contributed by atoms with Gasteiger partial charge in [-0.1, -0.05) is 11.6 Å². The van der Waals surface area contributed by atoms with Crippen LogP contribution in [-0.4, -0.2) is 42.8 Å². The average molecular weight is 596 g/mol. The number of carbonyl (C=O) groups excluding carboxylic acids is 1. The molecule has 0 saturated heterocycles. The van der Waals surface area contributed by atoms with Crippen LogP contribution in [0.1, 0.15) is 71.5 Å². The van der Waals surface area contributed by atoms with Crippen molar-refractivity contribution in [3.8, 4) is 22.6 Å². The lowest BCUT2D eigenvalue weighted by molar-refractivity contribution is -0.160. The van der Waals surface area contributed by atoms with Crippen LogP contribution < -0.4 is 14.4 Å². The molecule has 222 valence electrons. The fourth-order valence-electron chi connectivity index (χ4n) is 6.00. The lowest BCUT2D eigenvalue weighted by atomic mass is 9.83. The standard InChI is InChI=1S/C33H35ClFNO6/c1-17-14-25-21(11-12-36(25)31(37)19-9-10-23(34)26(15-19)40-6)28(27(17)30(32(38)39)42-33(3,4)5)22-16-24(35)29-20(18(22)2)8-7-13-41-29/h9-10,14-16,30H,7-8,11-13H2,1-6H3,(H,38,39). The maximum atomic E-state index is 15.6. The molecule has 3 aromatic rings. The fraction of sp³-hybridized carbons (Fsp3) is 0.394. The number of benzene rings is 3. The molecule has 0 bridgehead atoms. The minimum atomic E-state index is -1.31. The Labute approximate surface area is 250 Å². The van der Waals surface area contributed by atoms with Gasteiger partial charge in [0, 0.05) is 28.9 Å². The first-order chi connectivity index (χ1) is 19.8. The highest BCUT2D eigenvalue weighted by atomic mass is 35.5. The molecule has 0 radical (unpaired) electrons. The van der Waals surface area contributed by atoms with E-state index in [1.807, 2.05) is 13.0 Å². The zero-order chi connectivity index (χ0) is 30.5. The van der Waals surface area contributed by atoms with Gasteiger partial charge < -0.3 is 24.2 Å². The number of amides is 1. The quantitative estimate of drug-likeness (QED) is 0.323. The number of carboxylic acid groups (broad SMARTS) is 1. The molecule has 0 aliphatic carbocycles. The Morgan fingerprint density at radius 3 is 2.52 bits per heavy atom. The van der Waals surface area contributed by atoms with E-state index in [0.29, 0.717) is 70.3 Å². The van der Waals surface area contributed by atoms with Gasteiger partial charge in [0.25, 0.3) is 5.91 Å². The van der Waals surface area contributed by atoms with Crippen molar-refractivity contribution in [2.45, 2.75) is 65.6 Å². The zero-order valence-electron chi connectivity index (χ0n) is 24.7. The van der Waals surface area contributed by atoms with E-state index in [1.165, 1.54) is 13.2 Å². The highest BCUT2D eigenvalue weighted by molar-refractivity contribution is 6.32. The number of anilines is 1. The first-order valence-electron chi connectivity index (χ1n) is 14.0. The van der Waals surface area contributed by atoms with E-state index in [-0.39, 0.29) is 11.7 Å². The van der Waals surface area contributed by atoms with Gasteiger partial charge in [0.1, 0.15) is 5.75 Å². The molecule has 2 aliphatic heterocycles. The largest absolute Gasteiger partial charge is 0.495 e. The summed E-state index contributed by atoms with van der Waals surface area (Å²) in [4.78, 5) is 28.2. The van der Waals surface area contributed by atoms with Crippen LogP contribution in [0.5, 0.6) is 11.5 Å². The monoisotopic (exact) mass is 595 g/mol. The number of aliphatic carboxylic acids is 1. The number of fused-ring (bicyclic) bond motifs is 2. The molecule has 5 rings (SSSR count). The predicted octanol–water partition coefficient (Wildman–Crippen LogP) is 7.24. The number of carboxylic acids is 1. The molecular weight excluding hydrogens is 561 g/mol. The van der Waals surface area contributed by atoms with E-state index >= 15 is 4.39 Å². The highest BCUT2D eigenvalue weighted by Gasteiger charge is 2.37. The van der Waals surface area contributed by atoms with Crippen LogP contribution in [0, 0.1) is 19.7 Å². The number of hydrogen-bond donors (Lipinski definition) is 1. The Morgan fingerprint density at radius 2 is 1.86 bits per heavy atom. The minimum Gasteiger partial charge on any atom is -0.495 e. The third-order valence-electron chi connectivity index (χ3n) is 7.84. The summed E-state index contributed by atoms with van der Waals surface area (Å²) in [6, 6.07) is 8.14. The number of halogens is 2. The highest BCUT2D eigenvalue weighted by Crippen LogP contribution is 2.48. The van der Waals surface area contributed by atoms with Crippen molar-refractivity contribution in [1.82, 2.24) is 0 Å². The number of methoxy groups -OCH3 is 1. The van der Waals surface area contributed by atoms with Crippen molar-refractivity contribution in [2.75, 3.05) is 25.2 Å². The Morgan fingerprint density at radius 1 is 1.12 bits per heavy atom. The van der Waals surface area contributed by atoms with Gasteiger partial charge in [-0.3, -0.25) is 4.79 Å². The van der Waals surface area contributed by atoms with Crippen LogP contribution in [0.25, 0.3) is 11.1 Å². The second-order valence-corrected chi connectivity index (χ2v) is 12.2. The second kappa shape index (κ2) is 11.2. The van der Waals surface area contributed by atoms with Crippen molar-refractivity contribution >= 4 is 29.2 Å². The molecule has 2 heterocycles. The first kappa shape index (κ1) is 29.9. The average Bonchev–Trinajstić information content (AvgIpc) is 3.36. The van der Waals surface area contributed by atoms with Gasteiger partial charge in [-0.2, -0.15) is 0 Å². The van der Waals surface area contributed by atoms with Crippen LogP contribution >= 0.6 is 11.6 Å². The van der Waals surface area contributed by atoms with Gasteiger partial charge in [0.2, 0.25) is 0 Å². The molecule has 1 amide bonds. The van der Waals surface area contributed by atoms with E-state index in [0.717, 1.165) is 23.1 Å². The van der Waals surface area contributed by atoms with Crippen molar-refractivity contribution in [2.24, 2.45) is 0 Å². The SMILES string of the molecule is COc1cc(C(=O)N2CCc3c2cc(C)c(C(OC(C)(C)C)C(=O)O)c3-c2cc(F)c3c(c2C)CCCO3)ccc1Cl. The van der Waals surface area contributed by atoms with Crippen LogP contribution in [0.3, 0.4) is 0 Å². The molecule has 0 aromatic heterocycles. The van der Waals surface area contributed by atoms with E-state index in [4.69, 9.17) is 25.8 Å². The topological polar surface area (TPSA) is 85.3 Å². The molecule has 0 saturated carbocycles. The zero-order valence-corrected chi connectivity index (χ0v) is 25.4. The number of nitrogens with zero attached hydrogens (tertiary/aromatic N) is 1. The maximum Gasteiger partial charge on any atom is 0.337 e. The van der Waals surface area contributed by atoms with Crippen molar-refractivity contribution in [3.05, 3.63) is 74.6 Å². The molecule has 1 N–H and O–H groups in total. The maximum absolute atomic E-state index is 15.6.